The molecular weight excluding hydrogens is 220 g/mol. The normalized spacial score (nSPS) is 10.8. The van der Waals surface area contributed by atoms with Gasteiger partial charge in [-0.2, -0.15) is 9.97 Å². The number of hydrogen-bond donors (Lipinski definition) is 1. The molecule has 1 aromatic heterocycles. The van der Waals surface area contributed by atoms with Gasteiger partial charge in [0.15, 0.2) is 0 Å². The van der Waals surface area contributed by atoms with Crippen LogP contribution in [-0.4, -0.2) is 34.7 Å². The first-order valence-corrected chi connectivity index (χ1v) is 5.74. The molecule has 0 unspecified atom stereocenters. The van der Waals surface area contributed by atoms with E-state index in [4.69, 9.17) is 9.47 Å². The molecule has 0 atom stereocenters. The van der Waals surface area contributed by atoms with Crippen LogP contribution in [0.25, 0.3) is 0 Å². The predicted molar refractivity (Wildman–Crippen MR) is 65.5 cm³/mol. The summed E-state index contributed by atoms with van der Waals surface area (Å²) in [6.07, 6.45) is 0.0139. The van der Waals surface area contributed by atoms with Gasteiger partial charge in [-0.05, 0) is 19.8 Å². The summed E-state index contributed by atoms with van der Waals surface area (Å²) in [5.74, 6) is 0.855. The molecule has 0 saturated heterocycles. The van der Waals surface area contributed by atoms with Gasteiger partial charge in [0, 0.05) is 7.05 Å². The fourth-order valence-corrected chi connectivity index (χ4v) is 1.02. The maximum Gasteiger partial charge on any atom is 0.324 e. The number of nitrogens with one attached hydrogen (secondary N) is 1. The van der Waals surface area contributed by atoms with E-state index >= 15 is 0 Å². The molecule has 0 aliphatic carbocycles. The van der Waals surface area contributed by atoms with E-state index in [1.807, 2.05) is 13.8 Å². The Kier molecular flexibility index (Phi) is 4.93. The number of anilines is 1. The monoisotopic (exact) mass is 240 g/mol. The molecule has 1 aromatic rings. The van der Waals surface area contributed by atoms with Gasteiger partial charge in [-0.25, -0.2) is 0 Å². The van der Waals surface area contributed by atoms with Crippen LogP contribution in [0, 0.1) is 5.92 Å². The molecule has 6 heteroatoms. The molecule has 0 radical (unpaired) electrons. The maximum absolute atomic E-state index is 5.45. The van der Waals surface area contributed by atoms with Gasteiger partial charge in [0.25, 0.3) is 0 Å². The van der Waals surface area contributed by atoms with Crippen molar-refractivity contribution in [3.05, 3.63) is 0 Å². The van der Waals surface area contributed by atoms with Crippen LogP contribution in [0.2, 0.25) is 0 Å². The molecule has 0 spiro atoms. The van der Waals surface area contributed by atoms with E-state index < -0.39 is 0 Å². The lowest BCUT2D eigenvalue weighted by Crippen LogP contribution is -2.13. The Labute approximate surface area is 102 Å². The van der Waals surface area contributed by atoms with Gasteiger partial charge in [-0.15, -0.1) is 4.98 Å². The summed E-state index contributed by atoms with van der Waals surface area (Å²) < 4.78 is 10.9. The lowest BCUT2D eigenvalue weighted by atomic mass is 10.2. The predicted octanol–water partition coefficient (Wildman–Crippen LogP) is 1.74. The Morgan fingerprint density at radius 2 is 1.71 bits per heavy atom. The Morgan fingerprint density at radius 3 is 2.24 bits per heavy atom. The molecule has 6 nitrogen and oxygen atoms in total. The molecule has 1 heterocycles. The minimum atomic E-state index is 0.0139. The highest BCUT2D eigenvalue weighted by atomic mass is 16.5. The highest BCUT2D eigenvalue weighted by Crippen LogP contribution is 2.14. The molecule has 0 aromatic carbocycles. The minimum Gasteiger partial charge on any atom is -0.463 e. The van der Waals surface area contributed by atoms with Crippen molar-refractivity contribution in [3.63, 3.8) is 0 Å². The summed E-state index contributed by atoms with van der Waals surface area (Å²) in [5.41, 5.74) is 0. The summed E-state index contributed by atoms with van der Waals surface area (Å²) in [5, 5.41) is 2.85. The van der Waals surface area contributed by atoms with Crippen molar-refractivity contribution in [1.82, 2.24) is 15.0 Å². The van der Waals surface area contributed by atoms with Gasteiger partial charge in [0.1, 0.15) is 0 Å². The average Bonchev–Trinajstić information content (AvgIpc) is 2.25. The first kappa shape index (κ1) is 13.5. The average molecular weight is 240 g/mol. The lowest BCUT2D eigenvalue weighted by Gasteiger charge is -2.11. The second-order valence-corrected chi connectivity index (χ2v) is 4.35. The Balaban J connectivity index is 2.81. The summed E-state index contributed by atoms with van der Waals surface area (Å²) in [6, 6.07) is 0.562. The number of hydrogen-bond acceptors (Lipinski definition) is 6. The first-order valence-electron chi connectivity index (χ1n) is 5.74. The molecule has 0 saturated carbocycles. The van der Waals surface area contributed by atoms with E-state index in [1.165, 1.54) is 0 Å². The molecule has 96 valence electrons. The maximum atomic E-state index is 5.45. The Bertz CT molecular complexity index is 355. The molecule has 0 amide bonds. The van der Waals surface area contributed by atoms with Crippen LogP contribution >= 0.6 is 0 Å². The molecule has 0 fully saturated rings. The molecular formula is C11H20N4O2. The zero-order valence-electron chi connectivity index (χ0n) is 11.0. The Hall–Kier alpha value is -1.59. The zero-order valence-corrected chi connectivity index (χ0v) is 11.0. The Morgan fingerprint density at radius 1 is 1.06 bits per heavy atom. The third-order valence-electron chi connectivity index (χ3n) is 1.70. The van der Waals surface area contributed by atoms with Crippen molar-refractivity contribution in [2.45, 2.75) is 33.8 Å². The van der Waals surface area contributed by atoms with Crippen LogP contribution in [0.4, 0.5) is 5.95 Å². The third-order valence-corrected chi connectivity index (χ3v) is 1.70. The van der Waals surface area contributed by atoms with E-state index in [1.54, 1.807) is 7.05 Å². The third kappa shape index (κ3) is 4.84. The topological polar surface area (TPSA) is 69.2 Å². The molecule has 0 aliphatic heterocycles. The van der Waals surface area contributed by atoms with Crippen molar-refractivity contribution < 1.29 is 9.47 Å². The molecule has 0 bridgehead atoms. The van der Waals surface area contributed by atoms with E-state index in [0.29, 0.717) is 18.5 Å². The second-order valence-electron chi connectivity index (χ2n) is 4.35. The highest BCUT2D eigenvalue weighted by Gasteiger charge is 2.09. The molecule has 17 heavy (non-hydrogen) atoms. The molecule has 0 aliphatic rings. The van der Waals surface area contributed by atoms with Crippen molar-refractivity contribution in [3.8, 4) is 12.0 Å². The van der Waals surface area contributed by atoms with Crippen molar-refractivity contribution in [1.29, 1.82) is 0 Å². The standard InChI is InChI=1S/C11H20N4O2/c1-7(2)6-16-10-13-9(12-5)14-11(15-10)17-8(3)4/h7-8H,6H2,1-5H3,(H,12,13,14,15). The van der Waals surface area contributed by atoms with Crippen LogP contribution in [0.5, 0.6) is 12.0 Å². The van der Waals surface area contributed by atoms with E-state index in [0.717, 1.165) is 0 Å². The van der Waals surface area contributed by atoms with Crippen LogP contribution in [0.3, 0.4) is 0 Å². The van der Waals surface area contributed by atoms with E-state index in [9.17, 15) is 0 Å². The van der Waals surface area contributed by atoms with Crippen LogP contribution in [0.15, 0.2) is 0 Å². The largest absolute Gasteiger partial charge is 0.463 e. The van der Waals surface area contributed by atoms with Gasteiger partial charge in [0.2, 0.25) is 5.95 Å². The second kappa shape index (κ2) is 6.22. The number of aromatic nitrogens is 3. The summed E-state index contributed by atoms with van der Waals surface area (Å²) in [6.45, 7) is 8.51. The van der Waals surface area contributed by atoms with Crippen LogP contribution in [0.1, 0.15) is 27.7 Å². The summed E-state index contributed by atoms with van der Waals surface area (Å²) in [7, 11) is 1.74. The van der Waals surface area contributed by atoms with Gasteiger partial charge in [0.05, 0.1) is 12.7 Å². The minimum absolute atomic E-state index is 0.0139. The summed E-state index contributed by atoms with van der Waals surface area (Å²) in [4.78, 5) is 12.3. The van der Waals surface area contributed by atoms with Crippen LogP contribution < -0.4 is 14.8 Å². The fourth-order valence-electron chi connectivity index (χ4n) is 1.02. The smallest absolute Gasteiger partial charge is 0.324 e. The number of rotatable bonds is 6. The van der Waals surface area contributed by atoms with E-state index in [2.05, 4.69) is 34.1 Å². The lowest BCUT2D eigenvalue weighted by molar-refractivity contribution is 0.208. The SMILES string of the molecule is CNc1nc(OCC(C)C)nc(OC(C)C)n1. The first-order chi connectivity index (χ1) is 8.01. The van der Waals surface area contributed by atoms with Gasteiger partial charge in [-0.1, -0.05) is 13.8 Å². The van der Waals surface area contributed by atoms with Crippen molar-refractivity contribution >= 4 is 5.95 Å². The van der Waals surface area contributed by atoms with Crippen molar-refractivity contribution in [2.75, 3.05) is 19.0 Å². The quantitative estimate of drug-likeness (QED) is 0.816. The van der Waals surface area contributed by atoms with Gasteiger partial charge in [-0.3, -0.25) is 0 Å². The van der Waals surface area contributed by atoms with Crippen molar-refractivity contribution in [2.24, 2.45) is 5.92 Å². The van der Waals surface area contributed by atoms with Gasteiger partial charge >= 0.3 is 12.0 Å². The van der Waals surface area contributed by atoms with Gasteiger partial charge < -0.3 is 14.8 Å². The highest BCUT2D eigenvalue weighted by molar-refractivity contribution is 5.26. The molecule has 1 rings (SSSR count). The van der Waals surface area contributed by atoms with E-state index in [-0.39, 0.29) is 18.1 Å². The summed E-state index contributed by atoms with van der Waals surface area (Å²) >= 11 is 0. The fraction of sp³-hybridized carbons (Fsp3) is 0.727. The van der Waals surface area contributed by atoms with Crippen LogP contribution in [-0.2, 0) is 0 Å². The number of ether oxygens (including phenoxy) is 2. The zero-order chi connectivity index (χ0) is 12.8. The number of nitrogens with zero attached hydrogens (tertiary/aromatic N) is 3. The molecule has 1 N–H and O–H groups in total.